The van der Waals surface area contributed by atoms with Gasteiger partial charge in [-0.15, -0.1) is 10.2 Å². The Balaban J connectivity index is 1.59. The van der Waals surface area contributed by atoms with Crippen LogP contribution >= 0.6 is 11.8 Å². The Hall–Kier alpha value is -3.07. The van der Waals surface area contributed by atoms with Crippen molar-refractivity contribution in [1.82, 2.24) is 10.2 Å². The number of nitrogens with zero attached hydrogens (tertiary/aromatic N) is 2. The van der Waals surface area contributed by atoms with E-state index in [-0.39, 0.29) is 28.6 Å². The minimum Gasteiger partial charge on any atom is -0.497 e. The van der Waals surface area contributed by atoms with Gasteiger partial charge in [-0.1, -0.05) is 11.8 Å². The quantitative estimate of drug-likeness (QED) is 0.618. The number of ether oxygens (including phenoxy) is 2. The zero-order chi connectivity index (χ0) is 19.2. The summed E-state index contributed by atoms with van der Waals surface area (Å²) in [5, 5.41) is 10.8. The summed E-state index contributed by atoms with van der Waals surface area (Å²) in [7, 11) is 3.06. The highest BCUT2D eigenvalue weighted by atomic mass is 32.2. The topological polar surface area (TPSA) is 86.5 Å². The zero-order valence-corrected chi connectivity index (χ0v) is 15.4. The third-order valence-corrected chi connectivity index (χ3v) is 4.33. The molecule has 1 heterocycles. The number of carbonyl (C=O) groups excluding carboxylic acids is 1. The number of amides is 1. The van der Waals surface area contributed by atoms with Crippen molar-refractivity contribution < 1.29 is 23.1 Å². The first-order chi connectivity index (χ1) is 13.1. The second-order valence-corrected chi connectivity index (χ2v) is 6.21. The average molecular weight is 389 g/mol. The summed E-state index contributed by atoms with van der Waals surface area (Å²) in [5.41, 5.74) is 1.13. The van der Waals surface area contributed by atoms with Gasteiger partial charge in [0, 0.05) is 11.6 Å². The smallest absolute Gasteiger partial charge is 0.277 e. The molecule has 0 aliphatic heterocycles. The molecule has 0 fully saturated rings. The second kappa shape index (κ2) is 8.54. The number of halogens is 1. The Morgan fingerprint density at radius 1 is 1.15 bits per heavy atom. The largest absolute Gasteiger partial charge is 0.497 e. The van der Waals surface area contributed by atoms with Gasteiger partial charge in [-0.2, -0.15) is 0 Å². The molecule has 0 aliphatic carbocycles. The molecule has 0 saturated heterocycles. The molecule has 3 rings (SSSR count). The Kier molecular flexibility index (Phi) is 5.92. The Morgan fingerprint density at radius 3 is 2.63 bits per heavy atom. The van der Waals surface area contributed by atoms with E-state index in [1.807, 2.05) is 0 Å². The summed E-state index contributed by atoms with van der Waals surface area (Å²) in [6, 6.07) is 10.8. The molecule has 0 radical (unpaired) electrons. The monoisotopic (exact) mass is 389 g/mol. The first-order valence-electron chi connectivity index (χ1n) is 7.83. The molecule has 0 bridgehead atoms. The first kappa shape index (κ1) is 18.7. The lowest BCUT2D eigenvalue weighted by molar-refractivity contribution is -0.113. The van der Waals surface area contributed by atoms with Crippen LogP contribution in [0.5, 0.6) is 11.5 Å². The van der Waals surface area contributed by atoms with Gasteiger partial charge in [-0.25, -0.2) is 4.39 Å². The minimum atomic E-state index is -0.349. The highest BCUT2D eigenvalue weighted by Gasteiger charge is 2.13. The third-order valence-electron chi connectivity index (χ3n) is 3.51. The fourth-order valence-electron chi connectivity index (χ4n) is 2.19. The van der Waals surface area contributed by atoms with Crippen molar-refractivity contribution >= 4 is 23.4 Å². The lowest BCUT2D eigenvalue weighted by Crippen LogP contribution is -2.14. The van der Waals surface area contributed by atoms with Crippen molar-refractivity contribution in [3.05, 3.63) is 48.3 Å². The summed E-state index contributed by atoms with van der Waals surface area (Å²) >= 11 is 1.10. The number of aromatic nitrogens is 2. The normalized spacial score (nSPS) is 10.5. The number of rotatable bonds is 7. The van der Waals surface area contributed by atoms with Crippen LogP contribution in [0.1, 0.15) is 0 Å². The molecule has 140 valence electrons. The van der Waals surface area contributed by atoms with Crippen LogP contribution in [0.15, 0.2) is 52.1 Å². The summed E-state index contributed by atoms with van der Waals surface area (Å²) in [6.07, 6.45) is 0. The van der Waals surface area contributed by atoms with Gasteiger partial charge in [0.2, 0.25) is 11.8 Å². The molecule has 9 heteroatoms. The van der Waals surface area contributed by atoms with Crippen molar-refractivity contribution in [2.75, 3.05) is 25.3 Å². The molecule has 0 saturated carbocycles. The van der Waals surface area contributed by atoms with Crippen molar-refractivity contribution in [3.8, 4) is 23.0 Å². The molecule has 0 unspecified atom stereocenters. The predicted octanol–water partition coefficient (Wildman–Crippen LogP) is 3.62. The van der Waals surface area contributed by atoms with Crippen LogP contribution in [0, 0.1) is 5.82 Å². The number of nitrogens with one attached hydrogen (secondary N) is 1. The number of benzene rings is 2. The van der Waals surface area contributed by atoms with E-state index in [0.717, 1.165) is 11.8 Å². The van der Waals surface area contributed by atoms with E-state index in [4.69, 9.17) is 13.9 Å². The molecule has 1 aromatic heterocycles. The maximum Gasteiger partial charge on any atom is 0.277 e. The molecular formula is C18H16FN3O4S. The van der Waals surface area contributed by atoms with E-state index in [1.165, 1.54) is 19.2 Å². The standard InChI is InChI=1S/C18H16FN3O4S/c1-24-13-7-8-14(15(9-13)25-2)20-16(23)10-27-18-22-21-17(26-18)11-3-5-12(19)6-4-11/h3-9H,10H2,1-2H3,(H,20,23). The zero-order valence-electron chi connectivity index (χ0n) is 14.6. The van der Waals surface area contributed by atoms with E-state index in [1.54, 1.807) is 37.4 Å². The van der Waals surface area contributed by atoms with Crippen LogP contribution < -0.4 is 14.8 Å². The van der Waals surface area contributed by atoms with Gasteiger partial charge in [0.1, 0.15) is 17.3 Å². The fourth-order valence-corrected chi connectivity index (χ4v) is 2.76. The molecule has 1 N–H and O–H groups in total. The summed E-state index contributed by atoms with van der Waals surface area (Å²) in [5.74, 6) is 0.834. The number of carbonyl (C=O) groups is 1. The van der Waals surface area contributed by atoms with Crippen LogP contribution in [0.4, 0.5) is 10.1 Å². The maximum atomic E-state index is 13.0. The Morgan fingerprint density at radius 2 is 1.93 bits per heavy atom. The van der Waals surface area contributed by atoms with Gasteiger partial charge in [-0.05, 0) is 36.4 Å². The molecule has 7 nitrogen and oxygen atoms in total. The van der Waals surface area contributed by atoms with Gasteiger partial charge in [0.15, 0.2) is 0 Å². The number of hydrogen-bond acceptors (Lipinski definition) is 7. The van der Waals surface area contributed by atoms with Crippen molar-refractivity contribution in [2.45, 2.75) is 5.22 Å². The molecule has 0 spiro atoms. The Bertz CT molecular complexity index is 931. The highest BCUT2D eigenvalue weighted by molar-refractivity contribution is 7.99. The van der Waals surface area contributed by atoms with Gasteiger partial charge in [0.25, 0.3) is 5.22 Å². The second-order valence-electron chi connectivity index (χ2n) is 5.28. The van der Waals surface area contributed by atoms with Crippen molar-refractivity contribution in [1.29, 1.82) is 0 Å². The van der Waals surface area contributed by atoms with Crippen LogP contribution in [0.2, 0.25) is 0 Å². The molecule has 3 aromatic rings. The van der Waals surface area contributed by atoms with E-state index in [2.05, 4.69) is 15.5 Å². The van der Waals surface area contributed by atoms with E-state index in [9.17, 15) is 9.18 Å². The van der Waals surface area contributed by atoms with Crippen molar-refractivity contribution in [2.24, 2.45) is 0 Å². The van der Waals surface area contributed by atoms with Crippen LogP contribution in [-0.4, -0.2) is 36.1 Å². The van der Waals surface area contributed by atoms with Crippen molar-refractivity contribution in [3.63, 3.8) is 0 Å². The third kappa shape index (κ3) is 4.76. The SMILES string of the molecule is COc1ccc(NC(=O)CSc2nnc(-c3ccc(F)cc3)o2)c(OC)c1. The van der Waals surface area contributed by atoms with Crippen LogP contribution in [0.3, 0.4) is 0 Å². The molecule has 0 aliphatic rings. The number of hydrogen-bond donors (Lipinski definition) is 1. The van der Waals surface area contributed by atoms with Gasteiger partial charge in [-0.3, -0.25) is 4.79 Å². The van der Waals surface area contributed by atoms with Gasteiger partial charge in [0.05, 0.1) is 25.7 Å². The highest BCUT2D eigenvalue weighted by Crippen LogP contribution is 2.29. The number of anilines is 1. The maximum absolute atomic E-state index is 13.0. The van der Waals surface area contributed by atoms with Gasteiger partial charge >= 0.3 is 0 Å². The average Bonchev–Trinajstić information content (AvgIpc) is 3.16. The van der Waals surface area contributed by atoms with Crippen LogP contribution in [0.25, 0.3) is 11.5 Å². The summed E-state index contributed by atoms with van der Waals surface area (Å²) < 4.78 is 28.8. The molecule has 2 aromatic carbocycles. The predicted molar refractivity (Wildman–Crippen MR) is 98.6 cm³/mol. The summed E-state index contributed by atoms with van der Waals surface area (Å²) in [6.45, 7) is 0. The lowest BCUT2D eigenvalue weighted by Gasteiger charge is -2.11. The van der Waals surface area contributed by atoms with E-state index in [0.29, 0.717) is 22.7 Å². The molecule has 1 amide bonds. The molecule has 27 heavy (non-hydrogen) atoms. The fraction of sp³-hybridized carbons (Fsp3) is 0.167. The van der Waals surface area contributed by atoms with E-state index < -0.39 is 0 Å². The van der Waals surface area contributed by atoms with E-state index >= 15 is 0 Å². The minimum absolute atomic E-state index is 0.0697. The Labute approximate surface area is 158 Å². The number of methoxy groups -OCH3 is 2. The summed E-state index contributed by atoms with van der Waals surface area (Å²) in [4.78, 5) is 12.2. The molecule has 0 atom stereocenters. The van der Waals surface area contributed by atoms with Gasteiger partial charge < -0.3 is 19.2 Å². The van der Waals surface area contributed by atoms with Crippen LogP contribution in [-0.2, 0) is 4.79 Å². The molecular weight excluding hydrogens is 373 g/mol. The number of thioether (sulfide) groups is 1. The first-order valence-corrected chi connectivity index (χ1v) is 8.81. The lowest BCUT2D eigenvalue weighted by atomic mass is 10.2.